The molecule has 0 spiro atoms. The summed E-state index contributed by atoms with van der Waals surface area (Å²) < 4.78 is 26.0. The fourth-order valence-corrected chi connectivity index (χ4v) is 3.15. The molecule has 128 valence electrons. The number of halogens is 1. The monoisotopic (exact) mass is 349 g/mol. The molecule has 4 nitrogen and oxygen atoms in total. The molecule has 0 radical (unpaired) electrons. The van der Waals surface area contributed by atoms with E-state index >= 15 is 0 Å². The zero-order chi connectivity index (χ0) is 17.7. The van der Waals surface area contributed by atoms with E-state index in [1.165, 1.54) is 27.6 Å². The van der Waals surface area contributed by atoms with E-state index in [0.717, 1.165) is 4.70 Å². The first-order chi connectivity index (χ1) is 11.7. The van der Waals surface area contributed by atoms with Crippen LogP contribution in [-0.2, 0) is 0 Å². The zero-order valence-electron chi connectivity index (χ0n) is 14.1. The minimum Gasteiger partial charge on any atom is -0.454 e. The molecular formula is C18H20FNO3S. The van der Waals surface area contributed by atoms with Crippen LogP contribution in [0.15, 0.2) is 41.2 Å². The molecule has 0 saturated carbocycles. The van der Waals surface area contributed by atoms with Gasteiger partial charge in [-0.15, -0.1) is 0 Å². The topological polar surface area (TPSA) is 40.5 Å². The van der Waals surface area contributed by atoms with Gasteiger partial charge in [-0.3, -0.25) is 4.79 Å². The van der Waals surface area contributed by atoms with E-state index in [9.17, 15) is 9.18 Å². The van der Waals surface area contributed by atoms with Crippen LogP contribution in [0.4, 0.5) is 4.39 Å². The number of nitrogens with zero attached hydrogens (tertiary/aromatic N) is 1. The summed E-state index contributed by atoms with van der Waals surface area (Å²) in [6.45, 7) is 8.19. The second kappa shape index (κ2) is 7.97. The van der Waals surface area contributed by atoms with Gasteiger partial charge in [0.25, 0.3) is 5.56 Å². The summed E-state index contributed by atoms with van der Waals surface area (Å²) in [6.07, 6.45) is 0. The Balaban J connectivity index is 0.000000487. The molecule has 1 aliphatic heterocycles. The molecule has 0 bridgehead atoms. The van der Waals surface area contributed by atoms with E-state index in [4.69, 9.17) is 9.47 Å². The Morgan fingerprint density at radius 1 is 1.00 bits per heavy atom. The van der Waals surface area contributed by atoms with Crippen LogP contribution in [0.5, 0.6) is 11.5 Å². The molecule has 3 aromatic rings. The van der Waals surface area contributed by atoms with Gasteiger partial charge in [0.15, 0.2) is 11.5 Å². The van der Waals surface area contributed by atoms with Crippen LogP contribution in [0.3, 0.4) is 0 Å². The van der Waals surface area contributed by atoms with Crippen molar-refractivity contribution in [2.75, 3.05) is 6.79 Å². The second-order valence-electron chi connectivity index (χ2n) is 4.37. The third-order valence-corrected chi connectivity index (χ3v) is 4.25. The van der Waals surface area contributed by atoms with E-state index in [2.05, 4.69) is 0 Å². The van der Waals surface area contributed by atoms with Gasteiger partial charge in [-0.1, -0.05) is 39.2 Å². The Hall–Kier alpha value is -2.34. The van der Waals surface area contributed by atoms with E-state index < -0.39 is 5.82 Å². The largest absolute Gasteiger partial charge is 0.454 e. The first-order valence-corrected chi connectivity index (χ1v) is 8.71. The van der Waals surface area contributed by atoms with Crippen molar-refractivity contribution >= 4 is 21.6 Å². The smallest absolute Gasteiger partial charge is 0.273 e. The lowest BCUT2D eigenvalue weighted by molar-refractivity contribution is 0.174. The fraction of sp³-hybridized carbons (Fsp3) is 0.278. The molecule has 0 amide bonds. The van der Waals surface area contributed by atoms with Crippen LogP contribution >= 0.6 is 11.5 Å². The molecule has 0 N–H and O–H groups in total. The fourth-order valence-electron chi connectivity index (χ4n) is 2.18. The van der Waals surface area contributed by atoms with Crippen LogP contribution < -0.4 is 15.0 Å². The molecule has 0 aliphatic carbocycles. The molecule has 4 rings (SSSR count). The molecule has 0 atom stereocenters. The summed E-state index contributed by atoms with van der Waals surface area (Å²) >= 11 is 1.27. The summed E-state index contributed by atoms with van der Waals surface area (Å²) in [6, 6.07) is 9.51. The normalized spacial score (nSPS) is 11.4. The number of hydrogen-bond acceptors (Lipinski definition) is 4. The lowest BCUT2D eigenvalue weighted by atomic mass is 10.2. The molecule has 0 unspecified atom stereocenters. The van der Waals surface area contributed by atoms with Crippen molar-refractivity contribution in [3.8, 4) is 17.2 Å². The summed E-state index contributed by atoms with van der Waals surface area (Å²) in [5.74, 6) is 0.859. The zero-order valence-corrected chi connectivity index (χ0v) is 14.9. The number of benzene rings is 2. The SMILES string of the molecule is CC.CC.O=c1c2cc(F)ccc2sn1-c1ccc2c(c1)OCO2. The molecule has 2 heterocycles. The van der Waals surface area contributed by atoms with Crippen LogP contribution in [0.2, 0.25) is 0 Å². The van der Waals surface area contributed by atoms with Crippen molar-refractivity contribution in [3.63, 3.8) is 0 Å². The van der Waals surface area contributed by atoms with E-state index in [0.29, 0.717) is 22.6 Å². The molecule has 6 heteroatoms. The van der Waals surface area contributed by atoms with Gasteiger partial charge in [-0.2, -0.15) is 0 Å². The van der Waals surface area contributed by atoms with Crippen LogP contribution in [0.1, 0.15) is 27.7 Å². The number of aromatic nitrogens is 1. The standard InChI is InChI=1S/C14H8FNO3S.2C2H6/c15-8-1-4-13-10(5-8)14(17)16(20-13)9-2-3-11-12(6-9)19-7-18-11;2*1-2/h1-6H,7H2;2*1-2H3. The molecule has 0 saturated heterocycles. The Morgan fingerprint density at radius 3 is 2.46 bits per heavy atom. The van der Waals surface area contributed by atoms with Gasteiger partial charge in [0.1, 0.15) is 5.82 Å². The lowest BCUT2D eigenvalue weighted by Gasteiger charge is -2.01. The highest BCUT2D eigenvalue weighted by molar-refractivity contribution is 7.14. The van der Waals surface area contributed by atoms with Crippen LogP contribution in [-0.4, -0.2) is 10.7 Å². The van der Waals surface area contributed by atoms with Gasteiger partial charge in [0.2, 0.25) is 6.79 Å². The number of fused-ring (bicyclic) bond motifs is 2. The van der Waals surface area contributed by atoms with Gasteiger partial charge in [0.05, 0.1) is 15.8 Å². The van der Waals surface area contributed by atoms with E-state index in [-0.39, 0.29) is 12.4 Å². The Bertz CT molecular complexity index is 886. The minimum absolute atomic E-state index is 0.186. The lowest BCUT2D eigenvalue weighted by Crippen LogP contribution is -2.10. The highest BCUT2D eigenvalue weighted by Gasteiger charge is 2.16. The van der Waals surface area contributed by atoms with Crippen molar-refractivity contribution in [3.05, 3.63) is 52.6 Å². The molecule has 2 aromatic carbocycles. The highest BCUT2D eigenvalue weighted by atomic mass is 32.1. The third kappa shape index (κ3) is 3.28. The summed E-state index contributed by atoms with van der Waals surface area (Å²) in [5.41, 5.74) is 0.448. The van der Waals surface area contributed by atoms with Gasteiger partial charge >= 0.3 is 0 Å². The van der Waals surface area contributed by atoms with Crippen molar-refractivity contribution < 1.29 is 13.9 Å². The number of hydrogen-bond donors (Lipinski definition) is 0. The molecule has 1 aromatic heterocycles. The van der Waals surface area contributed by atoms with E-state index in [1.54, 1.807) is 24.3 Å². The van der Waals surface area contributed by atoms with Crippen molar-refractivity contribution in [2.45, 2.75) is 27.7 Å². The second-order valence-corrected chi connectivity index (χ2v) is 5.36. The predicted molar refractivity (Wildman–Crippen MR) is 96.2 cm³/mol. The summed E-state index contributed by atoms with van der Waals surface area (Å²) in [5, 5.41) is 0.382. The van der Waals surface area contributed by atoms with Gasteiger partial charge < -0.3 is 9.47 Å². The van der Waals surface area contributed by atoms with Gasteiger partial charge in [-0.05, 0) is 30.3 Å². The quantitative estimate of drug-likeness (QED) is 0.622. The van der Waals surface area contributed by atoms with Crippen molar-refractivity contribution in [2.24, 2.45) is 0 Å². The number of rotatable bonds is 1. The minimum atomic E-state index is -0.412. The summed E-state index contributed by atoms with van der Waals surface area (Å²) in [4.78, 5) is 12.3. The van der Waals surface area contributed by atoms with Crippen LogP contribution in [0.25, 0.3) is 15.8 Å². The Kier molecular flexibility index (Phi) is 5.98. The molecule has 24 heavy (non-hydrogen) atoms. The maximum absolute atomic E-state index is 13.2. The van der Waals surface area contributed by atoms with Gasteiger partial charge in [-0.25, -0.2) is 8.35 Å². The first-order valence-electron chi connectivity index (χ1n) is 7.94. The van der Waals surface area contributed by atoms with Crippen molar-refractivity contribution in [1.29, 1.82) is 0 Å². The average molecular weight is 349 g/mol. The van der Waals surface area contributed by atoms with Gasteiger partial charge in [0, 0.05) is 6.07 Å². The maximum atomic E-state index is 13.2. The van der Waals surface area contributed by atoms with Crippen molar-refractivity contribution in [1.82, 2.24) is 3.96 Å². The molecule has 1 aliphatic rings. The molecular weight excluding hydrogens is 329 g/mol. The average Bonchev–Trinajstić information content (AvgIpc) is 3.23. The Morgan fingerprint density at radius 2 is 1.71 bits per heavy atom. The summed E-state index contributed by atoms with van der Waals surface area (Å²) in [7, 11) is 0. The molecule has 0 fully saturated rings. The van der Waals surface area contributed by atoms with E-state index in [1.807, 2.05) is 27.7 Å². The number of ether oxygens (including phenoxy) is 2. The third-order valence-electron chi connectivity index (χ3n) is 3.14. The predicted octanol–water partition coefficient (Wildman–Crippen LogP) is 4.97. The maximum Gasteiger partial charge on any atom is 0.273 e. The Labute approximate surface area is 144 Å². The highest BCUT2D eigenvalue weighted by Crippen LogP contribution is 2.34. The first kappa shape index (κ1) is 18.0. The van der Waals surface area contributed by atoms with Crippen LogP contribution in [0, 0.1) is 5.82 Å².